The molecule has 10 heteroatoms. The van der Waals surface area contributed by atoms with Crippen LogP contribution in [-0.4, -0.2) is 45.0 Å². The van der Waals surface area contributed by atoms with Gasteiger partial charge in [0.15, 0.2) is 11.5 Å². The van der Waals surface area contributed by atoms with Crippen LogP contribution >= 0.6 is 0 Å². The zero-order valence-electron chi connectivity index (χ0n) is 17.8. The molecule has 0 saturated heterocycles. The van der Waals surface area contributed by atoms with E-state index in [9.17, 15) is 13.2 Å². The maximum absolute atomic E-state index is 12.7. The SMILES string of the molecule is COc1ccc(NC(=O)c2cccc(S(=O)(=O)N(C)OC)c2)cc1OCc1ccncc1. The molecule has 1 aromatic heterocycles. The number of anilines is 1. The Balaban J connectivity index is 1.78. The number of carbonyl (C=O) groups excluding carboxylic acids is 1. The highest BCUT2D eigenvalue weighted by Gasteiger charge is 2.22. The molecule has 1 amide bonds. The summed E-state index contributed by atoms with van der Waals surface area (Å²) in [6, 6.07) is 14.3. The Hall–Kier alpha value is -3.47. The van der Waals surface area contributed by atoms with E-state index < -0.39 is 15.9 Å². The van der Waals surface area contributed by atoms with Crippen LogP contribution in [0, 0.1) is 0 Å². The summed E-state index contributed by atoms with van der Waals surface area (Å²) >= 11 is 0. The van der Waals surface area contributed by atoms with E-state index in [0.717, 1.165) is 10.0 Å². The predicted octanol–water partition coefficient (Wildman–Crippen LogP) is 3.10. The van der Waals surface area contributed by atoms with E-state index in [1.54, 1.807) is 30.6 Å². The minimum atomic E-state index is -3.88. The number of sulfonamides is 1. The van der Waals surface area contributed by atoms with E-state index in [4.69, 9.17) is 14.3 Å². The van der Waals surface area contributed by atoms with Crippen molar-refractivity contribution in [3.8, 4) is 11.5 Å². The lowest BCUT2D eigenvalue weighted by Gasteiger charge is -2.15. The third-order valence-corrected chi connectivity index (χ3v) is 6.23. The van der Waals surface area contributed by atoms with Gasteiger partial charge in [-0.2, -0.15) is 0 Å². The molecule has 0 aliphatic rings. The van der Waals surface area contributed by atoms with Crippen LogP contribution in [0.1, 0.15) is 15.9 Å². The second-order valence-electron chi connectivity index (χ2n) is 6.59. The summed E-state index contributed by atoms with van der Waals surface area (Å²) in [5, 5.41) is 2.75. The van der Waals surface area contributed by atoms with Crippen LogP contribution in [-0.2, 0) is 21.5 Å². The third-order valence-electron chi connectivity index (χ3n) is 4.55. The van der Waals surface area contributed by atoms with Gasteiger partial charge in [-0.05, 0) is 48.0 Å². The summed E-state index contributed by atoms with van der Waals surface area (Å²) in [5.74, 6) is 0.472. The number of hydrogen-bond acceptors (Lipinski definition) is 7. The van der Waals surface area contributed by atoms with E-state index in [0.29, 0.717) is 23.8 Å². The van der Waals surface area contributed by atoms with Crippen molar-refractivity contribution in [3.05, 3.63) is 78.1 Å². The fourth-order valence-electron chi connectivity index (χ4n) is 2.75. The number of ether oxygens (including phenoxy) is 2. The van der Waals surface area contributed by atoms with Gasteiger partial charge < -0.3 is 14.8 Å². The first-order valence-electron chi connectivity index (χ1n) is 9.49. The third kappa shape index (κ3) is 5.41. The number of carbonyl (C=O) groups is 1. The van der Waals surface area contributed by atoms with E-state index in [1.165, 1.54) is 45.5 Å². The lowest BCUT2D eigenvalue weighted by atomic mass is 10.2. The van der Waals surface area contributed by atoms with Crippen molar-refractivity contribution >= 4 is 21.6 Å². The number of nitrogens with one attached hydrogen (secondary N) is 1. The minimum absolute atomic E-state index is 0.0643. The van der Waals surface area contributed by atoms with Crippen molar-refractivity contribution in [2.45, 2.75) is 11.5 Å². The van der Waals surface area contributed by atoms with Crippen LogP contribution in [0.25, 0.3) is 0 Å². The van der Waals surface area contributed by atoms with Crippen LogP contribution in [0.15, 0.2) is 71.9 Å². The molecule has 0 fully saturated rings. The molecular formula is C22H23N3O6S. The molecule has 0 saturated carbocycles. The van der Waals surface area contributed by atoms with Gasteiger partial charge in [-0.3, -0.25) is 14.6 Å². The van der Waals surface area contributed by atoms with E-state index in [-0.39, 0.29) is 10.5 Å². The average molecular weight is 458 g/mol. The highest BCUT2D eigenvalue weighted by Crippen LogP contribution is 2.31. The van der Waals surface area contributed by atoms with Gasteiger partial charge in [-0.1, -0.05) is 10.5 Å². The molecule has 0 aliphatic heterocycles. The van der Waals surface area contributed by atoms with E-state index >= 15 is 0 Å². The number of amides is 1. The molecule has 2 aromatic carbocycles. The van der Waals surface area contributed by atoms with Crippen LogP contribution < -0.4 is 14.8 Å². The summed E-state index contributed by atoms with van der Waals surface area (Å²) < 4.78 is 36.8. The Morgan fingerprint density at radius 2 is 1.78 bits per heavy atom. The normalized spacial score (nSPS) is 11.2. The standard InChI is InChI=1S/C22H23N3O6S/c1-25(30-3)32(27,28)19-6-4-5-17(13-19)22(26)24-18-7-8-20(29-2)21(14-18)31-15-16-9-11-23-12-10-16/h4-14H,15H2,1-3H3,(H,24,26). The molecule has 0 radical (unpaired) electrons. The first-order valence-corrected chi connectivity index (χ1v) is 10.9. The van der Waals surface area contributed by atoms with Crippen molar-refractivity contribution in [2.24, 2.45) is 0 Å². The van der Waals surface area contributed by atoms with Gasteiger partial charge in [0.1, 0.15) is 6.61 Å². The monoisotopic (exact) mass is 457 g/mol. The lowest BCUT2D eigenvalue weighted by molar-refractivity contribution is -0.0258. The Kier molecular flexibility index (Phi) is 7.41. The minimum Gasteiger partial charge on any atom is -0.493 e. The smallest absolute Gasteiger partial charge is 0.264 e. The molecule has 0 unspecified atom stereocenters. The largest absolute Gasteiger partial charge is 0.493 e. The highest BCUT2D eigenvalue weighted by molar-refractivity contribution is 7.89. The molecule has 3 rings (SSSR count). The Morgan fingerprint density at radius 3 is 2.47 bits per heavy atom. The molecule has 168 valence electrons. The van der Waals surface area contributed by atoms with Crippen molar-refractivity contribution in [1.29, 1.82) is 0 Å². The molecule has 0 bridgehead atoms. The van der Waals surface area contributed by atoms with Crippen LogP contribution in [0.2, 0.25) is 0 Å². The zero-order chi connectivity index (χ0) is 23.1. The summed E-state index contributed by atoms with van der Waals surface area (Å²) in [6.07, 6.45) is 3.34. The quantitative estimate of drug-likeness (QED) is 0.492. The van der Waals surface area contributed by atoms with Crippen LogP contribution in [0.4, 0.5) is 5.69 Å². The number of hydroxylamine groups is 1. The number of methoxy groups -OCH3 is 1. The van der Waals surface area contributed by atoms with Gasteiger partial charge in [0.2, 0.25) is 0 Å². The number of pyridine rings is 1. The zero-order valence-corrected chi connectivity index (χ0v) is 18.6. The number of hydrogen-bond donors (Lipinski definition) is 1. The van der Waals surface area contributed by atoms with Gasteiger partial charge in [0.05, 0.1) is 19.1 Å². The molecule has 0 atom stereocenters. The van der Waals surface area contributed by atoms with Gasteiger partial charge in [-0.15, -0.1) is 0 Å². The Labute approximate surface area is 186 Å². The molecule has 1 N–H and O–H groups in total. The van der Waals surface area contributed by atoms with E-state index in [2.05, 4.69) is 10.3 Å². The first kappa shape index (κ1) is 23.2. The maximum atomic E-state index is 12.7. The summed E-state index contributed by atoms with van der Waals surface area (Å²) in [6.45, 7) is 0.295. The number of benzene rings is 2. The second kappa shape index (κ2) is 10.2. The van der Waals surface area contributed by atoms with Gasteiger partial charge in [0, 0.05) is 36.8 Å². The number of rotatable bonds is 9. The van der Waals surface area contributed by atoms with E-state index in [1.807, 2.05) is 12.1 Å². The molecule has 1 heterocycles. The molecule has 9 nitrogen and oxygen atoms in total. The fraction of sp³-hybridized carbons (Fsp3) is 0.182. The maximum Gasteiger partial charge on any atom is 0.264 e. The average Bonchev–Trinajstić information content (AvgIpc) is 2.83. The molecule has 32 heavy (non-hydrogen) atoms. The molecule has 0 spiro atoms. The Morgan fingerprint density at radius 1 is 1.03 bits per heavy atom. The summed E-state index contributed by atoms with van der Waals surface area (Å²) in [7, 11) is 0.159. The van der Waals surface area contributed by atoms with Gasteiger partial charge >= 0.3 is 0 Å². The summed E-state index contributed by atoms with van der Waals surface area (Å²) in [5.41, 5.74) is 1.56. The topological polar surface area (TPSA) is 107 Å². The predicted molar refractivity (Wildman–Crippen MR) is 118 cm³/mol. The van der Waals surface area contributed by atoms with Gasteiger partial charge in [-0.25, -0.2) is 8.42 Å². The number of aromatic nitrogens is 1. The molecule has 3 aromatic rings. The fourth-order valence-corrected chi connectivity index (χ4v) is 3.77. The van der Waals surface area contributed by atoms with Crippen molar-refractivity contribution in [2.75, 3.05) is 26.6 Å². The van der Waals surface area contributed by atoms with Crippen LogP contribution in [0.3, 0.4) is 0 Å². The lowest BCUT2D eigenvalue weighted by Crippen LogP contribution is -2.26. The van der Waals surface area contributed by atoms with Crippen LogP contribution in [0.5, 0.6) is 11.5 Å². The molecule has 0 aliphatic carbocycles. The second-order valence-corrected chi connectivity index (χ2v) is 8.52. The molecular weight excluding hydrogens is 434 g/mol. The van der Waals surface area contributed by atoms with Crippen molar-refractivity contribution < 1.29 is 27.5 Å². The highest BCUT2D eigenvalue weighted by atomic mass is 32.2. The van der Waals surface area contributed by atoms with Crippen molar-refractivity contribution in [3.63, 3.8) is 0 Å². The Bertz CT molecular complexity index is 1190. The van der Waals surface area contributed by atoms with Gasteiger partial charge in [0.25, 0.3) is 15.9 Å². The number of nitrogens with zero attached hydrogens (tertiary/aromatic N) is 2. The summed E-state index contributed by atoms with van der Waals surface area (Å²) in [4.78, 5) is 21.4. The van der Waals surface area contributed by atoms with Crippen molar-refractivity contribution in [1.82, 2.24) is 9.45 Å². The first-order chi connectivity index (χ1) is 15.3.